The summed E-state index contributed by atoms with van der Waals surface area (Å²) in [7, 11) is 1.60. The van der Waals surface area contributed by atoms with Crippen molar-refractivity contribution in [1.29, 1.82) is 5.26 Å². The maximum atomic E-state index is 12.0. The van der Waals surface area contributed by atoms with E-state index in [4.69, 9.17) is 10.5 Å². The Bertz CT molecular complexity index is 1260. The van der Waals surface area contributed by atoms with Crippen molar-refractivity contribution in [2.75, 3.05) is 7.11 Å². The zero-order valence-electron chi connectivity index (χ0n) is 18.4. The van der Waals surface area contributed by atoms with Gasteiger partial charge < -0.3 is 20.5 Å². The minimum absolute atomic E-state index is 0.0407. The second-order valence-corrected chi connectivity index (χ2v) is 7.59. The zero-order valence-corrected chi connectivity index (χ0v) is 18.4. The van der Waals surface area contributed by atoms with E-state index in [9.17, 15) is 15.2 Å². The first-order valence-corrected chi connectivity index (χ1v) is 10.5. The maximum absolute atomic E-state index is 12.0. The summed E-state index contributed by atoms with van der Waals surface area (Å²) in [6, 6.07) is 19.7. The van der Waals surface area contributed by atoms with E-state index in [1.54, 1.807) is 36.3 Å². The molecule has 0 bridgehead atoms. The highest BCUT2D eigenvalue weighted by atomic mass is 16.5. The van der Waals surface area contributed by atoms with Gasteiger partial charge in [0.25, 0.3) is 5.91 Å². The fourth-order valence-electron chi connectivity index (χ4n) is 3.80. The fraction of sp³-hybridized carbons (Fsp3) is 0.160. The fourth-order valence-corrected chi connectivity index (χ4v) is 3.80. The molecule has 0 saturated carbocycles. The summed E-state index contributed by atoms with van der Waals surface area (Å²) in [5.74, 6) is 0.286. The van der Waals surface area contributed by atoms with Crippen LogP contribution in [0.1, 0.15) is 28.4 Å². The molecule has 3 N–H and O–H groups in total. The van der Waals surface area contributed by atoms with Crippen LogP contribution in [0.4, 0.5) is 0 Å². The molecule has 4 rings (SSSR count). The number of aliphatic hydroxyl groups is 1. The van der Waals surface area contributed by atoms with Crippen molar-refractivity contribution in [3.63, 3.8) is 0 Å². The van der Waals surface area contributed by atoms with Crippen LogP contribution < -0.4 is 10.5 Å². The Morgan fingerprint density at radius 2 is 1.94 bits per heavy atom. The van der Waals surface area contributed by atoms with Crippen molar-refractivity contribution in [2.45, 2.75) is 18.7 Å². The zero-order chi connectivity index (χ0) is 24.1. The molecule has 2 atom stereocenters. The van der Waals surface area contributed by atoms with E-state index in [1.807, 2.05) is 36.4 Å². The molecule has 1 aliphatic rings. The Hall–Kier alpha value is -4.55. The van der Waals surface area contributed by atoms with E-state index in [0.717, 1.165) is 16.9 Å². The lowest BCUT2D eigenvalue weighted by molar-refractivity contribution is -0.116. The first kappa shape index (κ1) is 22.6. The van der Waals surface area contributed by atoms with Crippen molar-refractivity contribution < 1.29 is 14.6 Å². The number of aliphatic hydroxyl groups excluding tert-OH is 1. The van der Waals surface area contributed by atoms with Crippen LogP contribution in [0.15, 0.2) is 83.6 Å². The number of nitriles is 1. The van der Waals surface area contributed by atoms with Gasteiger partial charge in [-0.2, -0.15) is 10.4 Å². The molecular weight excluding hydrogens is 432 g/mol. The van der Waals surface area contributed by atoms with Crippen LogP contribution >= 0.6 is 0 Å². The third-order valence-electron chi connectivity index (χ3n) is 5.55. The molecule has 0 saturated heterocycles. The van der Waals surface area contributed by atoms with Crippen molar-refractivity contribution >= 4 is 11.7 Å². The van der Waals surface area contributed by atoms with Crippen LogP contribution in [-0.2, 0) is 11.2 Å². The van der Waals surface area contributed by atoms with E-state index in [0.29, 0.717) is 23.5 Å². The highest BCUT2D eigenvalue weighted by Crippen LogP contribution is 2.33. The van der Waals surface area contributed by atoms with Gasteiger partial charge in [0.1, 0.15) is 11.4 Å². The van der Waals surface area contributed by atoms with E-state index in [1.165, 1.54) is 12.4 Å². The number of methoxy groups -OCH3 is 1. The monoisotopic (exact) mass is 454 g/mol. The van der Waals surface area contributed by atoms with Crippen LogP contribution in [-0.4, -0.2) is 45.3 Å². The number of amides is 1. The number of ether oxygens (including phenoxy) is 1. The van der Waals surface area contributed by atoms with Gasteiger partial charge in [-0.3, -0.25) is 4.79 Å². The number of aromatic nitrogens is 2. The molecule has 1 aliphatic heterocycles. The number of nitrogens with two attached hydrogens (primary N) is 1. The summed E-state index contributed by atoms with van der Waals surface area (Å²) in [4.78, 5) is 18.1. The average molecular weight is 454 g/mol. The Balaban J connectivity index is 1.83. The molecule has 1 amide bonds. The van der Waals surface area contributed by atoms with Gasteiger partial charge in [0.2, 0.25) is 0 Å². The van der Waals surface area contributed by atoms with Gasteiger partial charge in [-0.15, -0.1) is 5.10 Å². The second-order valence-electron chi connectivity index (χ2n) is 7.59. The van der Waals surface area contributed by atoms with Crippen LogP contribution in [0.3, 0.4) is 0 Å². The number of carbonyl (C=O) groups excluding carboxylic acids is 1. The third kappa shape index (κ3) is 4.62. The minimum atomic E-state index is -1.37. The van der Waals surface area contributed by atoms with Crippen LogP contribution in [0.25, 0.3) is 0 Å². The summed E-state index contributed by atoms with van der Waals surface area (Å²) in [5.41, 5.74) is 8.17. The van der Waals surface area contributed by atoms with Crippen molar-refractivity contribution in [2.24, 2.45) is 10.7 Å². The Morgan fingerprint density at radius 3 is 2.53 bits per heavy atom. The molecule has 34 heavy (non-hydrogen) atoms. The lowest BCUT2D eigenvalue weighted by atomic mass is 9.94. The van der Waals surface area contributed by atoms with Crippen molar-refractivity contribution in [3.8, 4) is 11.8 Å². The number of amidine groups is 1. The van der Waals surface area contributed by atoms with Gasteiger partial charge in [0.15, 0.2) is 12.1 Å². The molecule has 0 radical (unpaired) electrons. The molecule has 9 heteroatoms. The van der Waals surface area contributed by atoms with Gasteiger partial charge in [-0.05, 0) is 53.9 Å². The quantitative estimate of drug-likeness (QED) is 0.557. The number of hydrogen-bond donors (Lipinski definition) is 2. The van der Waals surface area contributed by atoms with Gasteiger partial charge in [-0.1, -0.05) is 24.3 Å². The van der Waals surface area contributed by atoms with Crippen molar-refractivity contribution in [3.05, 3.63) is 101 Å². The first-order chi connectivity index (χ1) is 16.5. The van der Waals surface area contributed by atoms with Crippen LogP contribution in [0.5, 0.6) is 5.75 Å². The smallest absolute Gasteiger partial charge is 0.250 e. The van der Waals surface area contributed by atoms with Gasteiger partial charge in [0, 0.05) is 12.4 Å². The molecular formula is C25H22N6O3. The second kappa shape index (κ2) is 9.94. The first-order valence-electron chi connectivity index (χ1n) is 10.5. The van der Waals surface area contributed by atoms with E-state index in [2.05, 4.69) is 21.3 Å². The van der Waals surface area contributed by atoms with Gasteiger partial charge >= 0.3 is 0 Å². The largest absolute Gasteiger partial charge is 0.497 e. The third-order valence-corrected chi connectivity index (χ3v) is 5.55. The highest BCUT2D eigenvalue weighted by molar-refractivity contribution is 6.02. The Kier molecular flexibility index (Phi) is 6.62. The lowest BCUT2D eigenvalue weighted by Crippen LogP contribution is -2.49. The molecule has 3 aromatic rings. The molecule has 1 unspecified atom stereocenters. The number of primary amides is 1. The maximum Gasteiger partial charge on any atom is 0.250 e. The van der Waals surface area contributed by atoms with Gasteiger partial charge in [0.05, 0.1) is 30.4 Å². The summed E-state index contributed by atoms with van der Waals surface area (Å²) >= 11 is 0. The normalized spacial score (nSPS) is 16.1. The molecule has 170 valence electrons. The van der Waals surface area contributed by atoms with Crippen molar-refractivity contribution in [1.82, 2.24) is 15.1 Å². The number of hydrogen-bond acceptors (Lipinski definition) is 8. The standard InChI is InChI=1S/C25H22N6O3/c1-34-19-10-6-16(7-11-19)13-22(18-8-4-17(14-26)5-9-18)31-24(21-3-2-12-29-30-21)28-15-20(23(27)32)25(31)33/h2-12,15,22,25,33H,13H2,1H3,(H2,27,32)/t22-,25?/m0/s1. The molecule has 0 fully saturated rings. The summed E-state index contributed by atoms with van der Waals surface area (Å²) < 4.78 is 5.26. The number of benzene rings is 2. The van der Waals surface area contributed by atoms with Crippen LogP contribution in [0, 0.1) is 11.3 Å². The highest BCUT2D eigenvalue weighted by Gasteiger charge is 2.36. The van der Waals surface area contributed by atoms with E-state index < -0.39 is 18.2 Å². The number of nitrogens with zero attached hydrogens (tertiary/aromatic N) is 5. The van der Waals surface area contributed by atoms with Gasteiger partial charge in [-0.25, -0.2) is 4.99 Å². The SMILES string of the molecule is COc1ccc(C[C@@H](c2ccc(C#N)cc2)N2C(c3cccnn3)=NC=C(C(N)=O)C2O)cc1. The van der Waals surface area contributed by atoms with Crippen LogP contribution in [0.2, 0.25) is 0 Å². The number of carbonyl (C=O) groups is 1. The molecule has 2 heterocycles. The Morgan fingerprint density at radius 1 is 1.21 bits per heavy atom. The topological polar surface area (TPSA) is 138 Å². The summed E-state index contributed by atoms with van der Waals surface area (Å²) in [6.07, 6.45) is 1.87. The number of rotatable bonds is 7. The minimum Gasteiger partial charge on any atom is -0.497 e. The predicted octanol–water partition coefficient (Wildman–Crippen LogP) is 2.09. The molecule has 0 spiro atoms. The predicted molar refractivity (Wildman–Crippen MR) is 124 cm³/mol. The molecule has 2 aromatic carbocycles. The summed E-state index contributed by atoms with van der Waals surface area (Å²) in [6.45, 7) is 0. The lowest BCUT2D eigenvalue weighted by Gasteiger charge is -2.40. The summed E-state index contributed by atoms with van der Waals surface area (Å²) in [5, 5.41) is 28.6. The Labute approximate surface area is 196 Å². The van der Waals surface area contributed by atoms with E-state index in [-0.39, 0.29) is 5.57 Å². The molecule has 0 aliphatic carbocycles. The van der Waals surface area contributed by atoms with E-state index >= 15 is 0 Å². The number of aliphatic imine (C=N–C) groups is 1. The molecule has 9 nitrogen and oxygen atoms in total. The average Bonchev–Trinajstić information content (AvgIpc) is 2.88. The molecule has 1 aromatic heterocycles.